The number of carbonyl (C=O) groups is 1. The molecule has 0 heterocycles. The van der Waals surface area contributed by atoms with E-state index in [0.717, 1.165) is 30.5 Å². The third kappa shape index (κ3) is 6.96. The molecular formula is C24H22BrIN2O4. The number of ether oxygens (including phenoxy) is 3. The van der Waals surface area contributed by atoms with Gasteiger partial charge in [0.2, 0.25) is 5.91 Å². The maximum Gasteiger partial charge on any atom is 0.244 e. The van der Waals surface area contributed by atoms with E-state index in [1.165, 1.54) is 0 Å². The van der Waals surface area contributed by atoms with Gasteiger partial charge in [-0.15, -0.1) is 0 Å². The number of hydrogen-bond donors (Lipinski definition) is 1. The quantitative estimate of drug-likeness (QED) is 0.202. The van der Waals surface area contributed by atoms with Crippen molar-refractivity contribution >= 4 is 50.6 Å². The van der Waals surface area contributed by atoms with Gasteiger partial charge in [-0.2, -0.15) is 5.10 Å². The number of nitrogens with one attached hydrogen (secondary N) is 1. The first-order valence-corrected chi connectivity index (χ1v) is 11.5. The van der Waals surface area contributed by atoms with Crippen LogP contribution in [0.15, 0.2) is 70.2 Å². The Kier molecular flexibility index (Phi) is 8.92. The third-order valence-electron chi connectivity index (χ3n) is 4.47. The number of nitrogens with zero attached hydrogens (tertiary/aromatic N) is 1. The average molecular weight is 609 g/mol. The summed E-state index contributed by atoms with van der Waals surface area (Å²) in [7, 11) is 3.20. The van der Waals surface area contributed by atoms with Crippen molar-refractivity contribution < 1.29 is 19.0 Å². The third-order valence-corrected chi connectivity index (χ3v) is 5.80. The summed E-state index contributed by atoms with van der Waals surface area (Å²) in [4.78, 5) is 12.1. The van der Waals surface area contributed by atoms with E-state index in [1.54, 1.807) is 20.4 Å². The fraction of sp³-hybridized carbons (Fsp3) is 0.167. The van der Waals surface area contributed by atoms with E-state index < -0.39 is 0 Å². The predicted octanol–water partition coefficient (Wildman–Crippen LogP) is 5.34. The van der Waals surface area contributed by atoms with Gasteiger partial charge in [-0.25, -0.2) is 5.43 Å². The lowest BCUT2D eigenvalue weighted by atomic mass is 10.1. The van der Waals surface area contributed by atoms with Crippen LogP contribution in [0.1, 0.15) is 16.7 Å². The van der Waals surface area contributed by atoms with Crippen molar-refractivity contribution in [1.82, 2.24) is 5.43 Å². The highest BCUT2D eigenvalue weighted by atomic mass is 127. The summed E-state index contributed by atoms with van der Waals surface area (Å²) in [6, 6.07) is 19.0. The Balaban J connectivity index is 1.60. The van der Waals surface area contributed by atoms with Crippen LogP contribution in [-0.2, 0) is 17.8 Å². The number of benzene rings is 3. The molecule has 0 aromatic heterocycles. The Hall–Kier alpha value is -2.59. The maximum absolute atomic E-state index is 12.1. The normalized spacial score (nSPS) is 10.8. The van der Waals surface area contributed by atoms with Crippen LogP contribution >= 0.6 is 38.5 Å². The van der Waals surface area contributed by atoms with Crippen LogP contribution in [0, 0.1) is 3.57 Å². The van der Waals surface area contributed by atoms with Gasteiger partial charge in [0.25, 0.3) is 0 Å². The van der Waals surface area contributed by atoms with E-state index in [1.807, 2.05) is 60.7 Å². The lowest BCUT2D eigenvalue weighted by Gasteiger charge is -2.13. The van der Waals surface area contributed by atoms with Crippen LogP contribution in [0.2, 0.25) is 0 Å². The largest absolute Gasteiger partial charge is 0.497 e. The molecular weight excluding hydrogens is 587 g/mol. The van der Waals surface area contributed by atoms with E-state index in [-0.39, 0.29) is 12.3 Å². The zero-order valence-electron chi connectivity index (χ0n) is 17.6. The van der Waals surface area contributed by atoms with Gasteiger partial charge in [0, 0.05) is 4.47 Å². The molecule has 3 aromatic carbocycles. The van der Waals surface area contributed by atoms with Crippen LogP contribution in [0.25, 0.3) is 0 Å². The van der Waals surface area contributed by atoms with Crippen LogP contribution in [0.5, 0.6) is 17.2 Å². The SMILES string of the molecule is COc1ccc(CC(=O)N/N=C\c2cc(I)c(OCc3ccc(Br)cc3)c(OC)c2)cc1. The van der Waals surface area contributed by atoms with Gasteiger partial charge in [0.1, 0.15) is 12.4 Å². The maximum atomic E-state index is 12.1. The van der Waals surface area contributed by atoms with Crippen molar-refractivity contribution in [3.63, 3.8) is 0 Å². The Morgan fingerprint density at radius 1 is 1.03 bits per heavy atom. The topological polar surface area (TPSA) is 69.2 Å². The van der Waals surface area contributed by atoms with Crippen molar-refractivity contribution in [3.05, 3.63) is 85.4 Å². The highest BCUT2D eigenvalue weighted by Gasteiger charge is 2.12. The number of carbonyl (C=O) groups excluding carboxylic acids is 1. The highest BCUT2D eigenvalue weighted by molar-refractivity contribution is 14.1. The molecule has 3 rings (SSSR count). The molecule has 32 heavy (non-hydrogen) atoms. The summed E-state index contributed by atoms with van der Waals surface area (Å²) in [6.45, 7) is 0.425. The number of amides is 1. The van der Waals surface area contributed by atoms with Gasteiger partial charge in [0.15, 0.2) is 11.5 Å². The minimum Gasteiger partial charge on any atom is -0.497 e. The summed E-state index contributed by atoms with van der Waals surface area (Å²) in [6.07, 6.45) is 1.81. The Morgan fingerprint density at radius 2 is 1.72 bits per heavy atom. The molecule has 8 heteroatoms. The van der Waals surface area contributed by atoms with Crippen LogP contribution in [0.3, 0.4) is 0 Å². The molecule has 0 unspecified atom stereocenters. The van der Waals surface area contributed by atoms with Crippen molar-refractivity contribution in [1.29, 1.82) is 0 Å². The van der Waals surface area contributed by atoms with Gasteiger partial charge in [-0.3, -0.25) is 4.79 Å². The van der Waals surface area contributed by atoms with Crippen molar-refractivity contribution in [3.8, 4) is 17.2 Å². The summed E-state index contributed by atoms with van der Waals surface area (Å²) < 4.78 is 18.5. The molecule has 166 valence electrons. The molecule has 1 N–H and O–H groups in total. The zero-order chi connectivity index (χ0) is 22.9. The summed E-state index contributed by atoms with van der Waals surface area (Å²) in [5.74, 6) is 1.80. The summed E-state index contributed by atoms with van der Waals surface area (Å²) in [5, 5.41) is 4.07. The molecule has 0 radical (unpaired) electrons. The minimum atomic E-state index is -0.206. The van der Waals surface area contributed by atoms with E-state index in [4.69, 9.17) is 14.2 Å². The van der Waals surface area contributed by atoms with Crippen LogP contribution in [0.4, 0.5) is 0 Å². The van der Waals surface area contributed by atoms with Crippen molar-refractivity contribution in [2.75, 3.05) is 14.2 Å². The average Bonchev–Trinajstić information content (AvgIpc) is 2.79. The lowest BCUT2D eigenvalue weighted by Crippen LogP contribution is -2.19. The Labute approximate surface area is 209 Å². The molecule has 6 nitrogen and oxygen atoms in total. The highest BCUT2D eigenvalue weighted by Crippen LogP contribution is 2.34. The fourth-order valence-corrected chi connectivity index (χ4v) is 3.88. The van der Waals surface area contributed by atoms with E-state index >= 15 is 0 Å². The Bertz CT molecular complexity index is 1090. The minimum absolute atomic E-state index is 0.206. The van der Waals surface area contributed by atoms with Crippen LogP contribution in [-0.4, -0.2) is 26.3 Å². The molecule has 3 aromatic rings. The number of rotatable bonds is 9. The van der Waals surface area contributed by atoms with Gasteiger partial charge < -0.3 is 14.2 Å². The molecule has 0 fully saturated rings. The summed E-state index contributed by atoms with van der Waals surface area (Å²) in [5.41, 5.74) is 5.27. The number of hydrazone groups is 1. The molecule has 0 bridgehead atoms. The second-order valence-electron chi connectivity index (χ2n) is 6.77. The van der Waals surface area contributed by atoms with Gasteiger partial charge in [0.05, 0.1) is 30.4 Å². The molecule has 0 saturated heterocycles. The second kappa shape index (κ2) is 11.9. The zero-order valence-corrected chi connectivity index (χ0v) is 21.3. The van der Waals surface area contributed by atoms with E-state index in [2.05, 4.69) is 49.0 Å². The first kappa shape index (κ1) is 24.1. The fourth-order valence-electron chi connectivity index (χ4n) is 2.84. The molecule has 0 aliphatic rings. The standard InChI is InChI=1S/C24H22BrIN2O4/c1-30-20-9-5-16(6-10-20)13-23(29)28-27-14-18-11-21(26)24(22(12-18)31-2)32-15-17-3-7-19(25)8-4-17/h3-12,14H,13,15H2,1-2H3,(H,28,29)/b27-14-. The Morgan fingerprint density at radius 3 is 2.38 bits per heavy atom. The number of hydrogen-bond acceptors (Lipinski definition) is 5. The van der Waals surface area contributed by atoms with Gasteiger partial charge >= 0.3 is 0 Å². The van der Waals surface area contributed by atoms with Crippen molar-refractivity contribution in [2.24, 2.45) is 5.10 Å². The predicted molar refractivity (Wildman–Crippen MR) is 137 cm³/mol. The molecule has 0 atom stereocenters. The molecule has 0 saturated carbocycles. The smallest absolute Gasteiger partial charge is 0.244 e. The first-order chi connectivity index (χ1) is 15.5. The van der Waals surface area contributed by atoms with Crippen LogP contribution < -0.4 is 19.6 Å². The molecule has 0 aliphatic carbocycles. The second-order valence-corrected chi connectivity index (χ2v) is 8.85. The lowest BCUT2D eigenvalue weighted by molar-refractivity contribution is -0.120. The van der Waals surface area contributed by atoms with Gasteiger partial charge in [-0.05, 0) is 75.7 Å². The van der Waals surface area contributed by atoms with Gasteiger partial charge in [-0.1, -0.05) is 40.2 Å². The van der Waals surface area contributed by atoms with Crippen molar-refractivity contribution in [2.45, 2.75) is 13.0 Å². The molecule has 0 spiro atoms. The number of halogens is 2. The molecule has 1 amide bonds. The monoisotopic (exact) mass is 608 g/mol. The first-order valence-electron chi connectivity index (χ1n) is 9.68. The number of methoxy groups -OCH3 is 2. The summed E-state index contributed by atoms with van der Waals surface area (Å²) >= 11 is 5.63. The molecule has 0 aliphatic heterocycles. The van der Waals surface area contributed by atoms with E-state index in [9.17, 15) is 4.79 Å². The van der Waals surface area contributed by atoms with E-state index in [0.29, 0.717) is 18.1 Å².